The van der Waals surface area contributed by atoms with E-state index in [9.17, 15) is 0 Å². The van der Waals surface area contributed by atoms with Crippen molar-refractivity contribution in [3.05, 3.63) is 35.4 Å². The van der Waals surface area contributed by atoms with E-state index in [0.29, 0.717) is 0 Å². The molecule has 0 amide bonds. The SMILES string of the molecule is CCc1oc(Cl)nc1-c1ccc(OC)cc1. The smallest absolute Gasteiger partial charge is 0.292 e. The van der Waals surface area contributed by atoms with Gasteiger partial charge in [0.2, 0.25) is 0 Å². The van der Waals surface area contributed by atoms with E-state index < -0.39 is 0 Å². The summed E-state index contributed by atoms with van der Waals surface area (Å²) in [6.07, 6.45) is 0.765. The largest absolute Gasteiger partial charge is 0.497 e. The Bertz CT molecular complexity index is 476. The summed E-state index contributed by atoms with van der Waals surface area (Å²) in [6.45, 7) is 2.00. The van der Waals surface area contributed by atoms with Gasteiger partial charge in [-0.15, -0.1) is 0 Å². The molecule has 0 N–H and O–H groups in total. The molecule has 3 nitrogen and oxygen atoms in total. The molecule has 0 aliphatic heterocycles. The number of oxazole rings is 1. The molecule has 0 atom stereocenters. The minimum atomic E-state index is 0.183. The van der Waals surface area contributed by atoms with Gasteiger partial charge in [-0.3, -0.25) is 0 Å². The van der Waals surface area contributed by atoms with Crippen molar-refractivity contribution in [1.29, 1.82) is 0 Å². The molecule has 1 heterocycles. The number of rotatable bonds is 3. The highest BCUT2D eigenvalue weighted by molar-refractivity contribution is 6.27. The van der Waals surface area contributed by atoms with E-state index in [0.717, 1.165) is 29.2 Å². The molecule has 2 aromatic rings. The van der Waals surface area contributed by atoms with Crippen LogP contribution in [0.4, 0.5) is 0 Å². The molecule has 0 bridgehead atoms. The van der Waals surface area contributed by atoms with Gasteiger partial charge in [-0.05, 0) is 35.9 Å². The number of nitrogens with zero attached hydrogens (tertiary/aromatic N) is 1. The minimum Gasteiger partial charge on any atom is -0.497 e. The second kappa shape index (κ2) is 4.58. The van der Waals surface area contributed by atoms with E-state index in [1.807, 2.05) is 31.2 Å². The van der Waals surface area contributed by atoms with Crippen molar-refractivity contribution in [2.75, 3.05) is 7.11 Å². The summed E-state index contributed by atoms with van der Waals surface area (Å²) in [7, 11) is 1.64. The van der Waals surface area contributed by atoms with E-state index in [2.05, 4.69) is 4.98 Å². The van der Waals surface area contributed by atoms with Crippen LogP contribution in [0.3, 0.4) is 0 Å². The molecule has 4 heteroatoms. The molecule has 0 saturated carbocycles. The Morgan fingerprint density at radius 2 is 2.00 bits per heavy atom. The Morgan fingerprint density at radius 1 is 1.31 bits per heavy atom. The molecule has 1 aromatic heterocycles. The molecule has 0 unspecified atom stereocenters. The standard InChI is InChI=1S/C12H12ClNO2/c1-3-10-11(14-12(13)16-10)8-4-6-9(15-2)7-5-8/h4-7H,3H2,1-2H3. The number of benzene rings is 1. The van der Waals surface area contributed by atoms with Gasteiger partial charge >= 0.3 is 0 Å². The number of ether oxygens (including phenoxy) is 1. The van der Waals surface area contributed by atoms with Crippen molar-refractivity contribution < 1.29 is 9.15 Å². The zero-order chi connectivity index (χ0) is 11.5. The summed E-state index contributed by atoms with van der Waals surface area (Å²) in [5.41, 5.74) is 1.78. The summed E-state index contributed by atoms with van der Waals surface area (Å²) in [5, 5.41) is 0.183. The zero-order valence-corrected chi connectivity index (χ0v) is 9.91. The lowest BCUT2D eigenvalue weighted by Crippen LogP contribution is -1.85. The van der Waals surface area contributed by atoms with Crippen LogP contribution in [0.15, 0.2) is 28.7 Å². The second-order valence-electron chi connectivity index (χ2n) is 3.32. The van der Waals surface area contributed by atoms with Gasteiger partial charge < -0.3 is 9.15 Å². The molecule has 84 valence electrons. The van der Waals surface area contributed by atoms with Crippen LogP contribution < -0.4 is 4.74 Å². The van der Waals surface area contributed by atoms with Gasteiger partial charge in [0.25, 0.3) is 5.35 Å². The fraction of sp³-hybridized carbons (Fsp3) is 0.250. The van der Waals surface area contributed by atoms with E-state index in [-0.39, 0.29) is 5.35 Å². The highest BCUT2D eigenvalue weighted by Gasteiger charge is 2.12. The van der Waals surface area contributed by atoms with E-state index in [1.54, 1.807) is 7.11 Å². The predicted molar refractivity (Wildman–Crippen MR) is 62.9 cm³/mol. The van der Waals surface area contributed by atoms with Gasteiger partial charge in [-0.1, -0.05) is 6.92 Å². The second-order valence-corrected chi connectivity index (χ2v) is 3.64. The number of hydrogen-bond donors (Lipinski definition) is 0. The molecule has 0 fully saturated rings. The van der Waals surface area contributed by atoms with E-state index in [4.69, 9.17) is 20.8 Å². The first kappa shape index (κ1) is 11.0. The Morgan fingerprint density at radius 3 is 2.56 bits per heavy atom. The van der Waals surface area contributed by atoms with Gasteiger partial charge in [-0.2, -0.15) is 4.98 Å². The first-order valence-electron chi connectivity index (χ1n) is 5.04. The summed E-state index contributed by atoms with van der Waals surface area (Å²) in [4.78, 5) is 4.17. The first-order valence-corrected chi connectivity index (χ1v) is 5.42. The lowest BCUT2D eigenvalue weighted by Gasteiger charge is -2.01. The number of aromatic nitrogens is 1. The highest BCUT2D eigenvalue weighted by Crippen LogP contribution is 2.27. The molecule has 16 heavy (non-hydrogen) atoms. The van der Waals surface area contributed by atoms with Gasteiger partial charge in [0.15, 0.2) is 0 Å². The van der Waals surface area contributed by atoms with Crippen LogP contribution in [0.2, 0.25) is 5.35 Å². The van der Waals surface area contributed by atoms with Crippen LogP contribution in [-0.2, 0) is 6.42 Å². The Hall–Kier alpha value is -1.48. The van der Waals surface area contributed by atoms with Crippen LogP contribution in [0.25, 0.3) is 11.3 Å². The van der Waals surface area contributed by atoms with Crippen molar-refractivity contribution in [3.8, 4) is 17.0 Å². The molecule has 0 aliphatic carbocycles. The quantitative estimate of drug-likeness (QED) is 0.819. The third-order valence-corrected chi connectivity index (χ3v) is 2.52. The summed E-state index contributed by atoms with van der Waals surface area (Å²) >= 11 is 5.75. The number of halogens is 1. The van der Waals surface area contributed by atoms with Gasteiger partial charge in [0.05, 0.1) is 7.11 Å². The topological polar surface area (TPSA) is 35.3 Å². The van der Waals surface area contributed by atoms with Crippen LogP contribution in [0.5, 0.6) is 5.75 Å². The van der Waals surface area contributed by atoms with Crippen molar-refractivity contribution in [2.45, 2.75) is 13.3 Å². The molecule has 1 aromatic carbocycles. The summed E-state index contributed by atoms with van der Waals surface area (Å²) in [5.74, 6) is 1.62. The fourth-order valence-electron chi connectivity index (χ4n) is 1.54. The first-order chi connectivity index (χ1) is 7.74. The molecule has 0 saturated heterocycles. The van der Waals surface area contributed by atoms with Crippen molar-refractivity contribution >= 4 is 11.6 Å². The monoisotopic (exact) mass is 237 g/mol. The van der Waals surface area contributed by atoms with Crippen molar-refractivity contribution in [1.82, 2.24) is 4.98 Å². The summed E-state index contributed by atoms with van der Waals surface area (Å²) < 4.78 is 10.4. The molecule has 2 rings (SSSR count). The lowest BCUT2D eigenvalue weighted by atomic mass is 10.1. The van der Waals surface area contributed by atoms with Crippen molar-refractivity contribution in [2.24, 2.45) is 0 Å². The molecule has 0 radical (unpaired) electrons. The number of methoxy groups -OCH3 is 1. The lowest BCUT2D eigenvalue weighted by molar-refractivity contribution is 0.415. The molecule has 0 spiro atoms. The third kappa shape index (κ3) is 2.04. The van der Waals surface area contributed by atoms with Crippen LogP contribution in [-0.4, -0.2) is 12.1 Å². The van der Waals surface area contributed by atoms with E-state index in [1.165, 1.54) is 0 Å². The average molecular weight is 238 g/mol. The maximum Gasteiger partial charge on any atom is 0.292 e. The Labute approximate surface area is 99.0 Å². The maximum absolute atomic E-state index is 5.75. The third-order valence-electron chi connectivity index (χ3n) is 2.36. The summed E-state index contributed by atoms with van der Waals surface area (Å²) in [6, 6.07) is 7.65. The van der Waals surface area contributed by atoms with Crippen molar-refractivity contribution in [3.63, 3.8) is 0 Å². The van der Waals surface area contributed by atoms with Gasteiger partial charge in [0.1, 0.15) is 17.2 Å². The van der Waals surface area contributed by atoms with Crippen LogP contribution >= 0.6 is 11.6 Å². The van der Waals surface area contributed by atoms with E-state index >= 15 is 0 Å². The predicted octanol–water partition coefficient (Wildman–Crippen LogP) is 3.57. The highest BCUT2D eigenvalue weighted by atomic mass is 35.5. The molecule has 0 aliphatic rings. The zero-order valence-electron chi connectivity index (χ0n) is 9.16. The van der Waals surface area contributed by atoms with Crippen LogP contribution in [0, 0.1) is 0 Å². The minimum absolute atomic E-state index is 0.183. The number of aryl methyl sites for hydroxylation is 1. The van der Waals surface area contributed by atoms with Gasteiger partial charge in [-0.25, -0.2) is 0 Å². The maximum atomic E-state index is 5.75. The van der Waals surface area contributed by atoms with Gasteiger partial charge in [0, 0.05) is 12.0 Å². The molecular weight excluding hydrogens is 226 g/mol. The van der Waals surface area contributed by atoms with Crippen LogP contribution in [0.1, 0.15) is 12.7 Å². The molecular formula is C12H12ClNO2. The fourth-order valence-corrected chi connectivity index (χ4v) is 1.71. The Balaban J connectivity index is 2.41. The average Bonchev–Trinajstić information content (AvgIpc) is 2.70. The Kier molecular flexibility index (Phi) is 3.15. The normalized spacial score (nSPS) is 10.4. The number of hydrogen-bond acceptors (Lipinski definition) is 3.